The number of nitrogens with zero attached hydrogens (tertiary/aromatic N) is 4. The number of halogens is 1. The number of aromatic nitrogens is 2. The molecule has 2 heterocycles. The molecule has 2 aromatic rings. The smallest absolute Gasteiger partial charge is 0.292 e. The molecule has 1 aromatic heterocycles. The number of carbonyl (C=O) groups is 1. The predicted molar refractivity (Wildman–Crippen MR) is 105 cm³/mol. The number of nitrogens with one attached hydrogen (secondary N) is 1. The third kappa shape index (κ3) is 4.48. The number of amides is 1. The van der Waals surface area contributed by atoms with Crippen molar-refractivity contribution in [1.82, 2.24) is 14.7 Å². The van der Waals surface area contributed by atoms with Crippen LogP contribution in [0, 0.1) is 10.1 Å². The van der Waals surface area contributed by atoms with Crippen molar-refractivity contribution < 1.29 is 9.72 Å². The minimum Gasteiger partial charge on any atom is -0.382 e. The van der Waals surface area contributed by atoms with E-state index >= 15 is 0 Å². The minimum absolute atomic E-state index is 0.0567. The summed E-state index contributed by atoms with van der Waals surface area (Å²) < 4.78 is 1.07. The van der Waals surface area contributed by atoms with Crippen molar-refractivity contribution >= 4 is 28.9 Å². The molecule has 9 nitrogen and oxygen atoms in total. The van der Waals surface area contributed by atoms with Gasteiger partial charge in [0.05, 0.1) is 22.5 Å². The number of anilines is 1. The second kappa shape index (κ2) is 8.83. The number of nitro benzene ring substituents is 1. The van der Waals surface area contributed by atoms with Crippen LogP contribution in [0.1, 0.15) is 25.7 Å². The Labute approximate surface area is 166 Å². The molecule has 1 fully saturated rings. The Morgan fingerprint density at radius 3 is 2.54 bits per heavy atom. The molecule has 1 saturated heterocycles. The fraction of sp³-hybridized carbons (Fsp3) is 0.389. The third-order valence-corrected chi connectivity index (χ3v) is 4.95. The number of hydrogen-bond donors (Lipinski definition) is 1. The van der Waals surface area contributed by atoms with Crippen molar-refractivity contribution in [3.8, 4) is 5.69 Å². The molecule has 1 aliphatic heterocycles. The van der Waals surface area contributed by atoms with Gasteiger partial charge in [0.15, 0.2) is 0 Å². The summed E-state index contributed by atoms with van der Waals surface area (Å²) in [5, 5.41) is 17.7. The Morgan fingerprint density at radius 2 is 1.89 bits per heavy atom. The summed E-state index contributed by atoms with van der Waals surface area (Å²) in [5.41, 5.74) is 0.0723. The highest BCUT2D eigenvalue weighted by atomic mass is 35.5. The maximum atomic E-state index is 12.5. The molecule has 1 amide bonds. The van der Waals surface area contributed by atoms with Crippen LogP contribution in [0.15, 0.2) is 35.3 Å². The first kappa shape index (κ1) is 19.8. The normalized spacial score (nSPS) is 14.0. The van der Waals surface area contributed by atoms with Crippen LogP contribution >= 0.6 is 11.6 Å². The molecular formula is C18H20ClN5O4. The van der Waals surface area contributed by atoms with Gasteiger partial charge in [0.1, 0.15) is 5.02 Å². The highest BCUT2D eigenvalue weighted by molar-refractivity contribution is 6.32. The van der Waals surface area contributed by atoms with E-state index in [0.717, 1.165) is 37.0 Å². The van der Waals surface area contributed by atoms with Crippen LogP contribution in [0.25, 0.3) is 5.69 Å². The second-order valence-electron chi connectivity index (χ2n) is 6.48. The van der Waals surface area contributed by atoms with Crippen LogP contribution < -0.4 is 10.9 Å². The van der Waals surface area contributed by atoms with Crippen molar-refractivity contribution in [2.45, 2.75) is 25.7 Å². The van der Waals surface area contributed by atoms with E-state index in [9.17, 15) is 19.7 Å². The molecule has 0 saturated carbocycles. The zero-order valence-electron chi connectivity index (χ0n) is 15.1. The van der Waals surface area contributed by atoms with E-state index in [2.05, 4.69) is 10.4 Å². The van der Waals surface area contributed by atoms with E-state index in [1.807, 2.05) is 4.90 Å². The highest BCUT2D eigenvalue weighted by Crippen LogP contribution is 2.18. The van der Waals surface area contributed by atoms with Gasteiger partial charge in [0.2, 0.25) is 5.91 Å². The molecule has 1 N–H and O–H groups in total. The molecule has 0 bridgehead atoms. The predicted octanol–water partition coefficient (Wildman–Crippen LogP) is 2.61. The largest absolute Gasteiger partial charge is 0.382 e. The minimum atomic E-state index is -0.553. The van der Waals surface area contributed by atoms with Crippen molar-refractivity contribution in [2.75, 3.05) is 25.0 Å². The van der Waals surface area contributed by atoms with Crippen molar-refractivity contribution in [3.05, 3.63) is 56.0 Å². The number of benzene rings is 1. The SMILES string of the molecule is O=C(CCNc1cnn(-c2ccc([N+](=O)[O-])cc2)c(=O)c1Cl)N1CCCCC1. The lowest BCUT2D eigenvalue weighted by atomic mass is 10.1. The fourth-order valence-corrected chi connectivity index (χ4v) is 3.26. The van der Waals surface area contributed by atoms with Gasteiger partial charge in [-0.05, 0) is 31.4 Å². The molecule has 1 aromatic carbocycles. The molecule has 3 rings (SSSR count). The summed E-state index contributed by atoms with van der Waals surface area (Å²) >= 11 is 6.15. The molecule has 0 unspecified atom stereocenters. The van der Waals surface area contributed by atoms with Crippen LogP contribution in [-0.4, -0.2) is 45.1 Å². The van der Waals surface area contributed by atoms with E-state index < -0.39 is 10.5 Å². The molecular weight excluding hydrogens is 386 g/mol. The van der Waals surface area contributed by atoms with E-state index in [0.29, 0.717) is 24.3 Å². The molecule has 0 atom stereocenters. The molecule has 1 aliphatic rings. The Kier molecular flexibility index (Phi) is 6.25. The summed E-state index contributed by atoms with van der Waals surface area (Å²) in [6.07, 6.45) is 4.94. The summed E-state index contributed by atoms with van der Waals surface area (Å²) in [7, 11) is 0. The Balaban J connectivity index is 1.65. The molecule has 10 heteroatoms. The number of non-ortho nitro benzene ring substituents is 1. The lowest BCUT2D eigenvalue weighted by Crippen LogP contribution is -2.36. The summed E-state index contributed by atoms with van der Waals surface area (Å²) in [6, 6.07) is 5.42. The van der Waals surface area contributed by atoms with Crippen LogP contribution in [0.5, 0.6) is 0 Å². The molecule has 0 radical (unpaired) electrons. The zero-order valence-corrected chi connectivity index (χ0v) is 15.9. The maximum Gasteiger partial charge on any atom is 0.292 e. The van der Waals surface area contributed by atoms with Gasteiger partial charge in [0.25, 0.3) is 11.2 Å². The maximum absolute atomic E-state index is 12.5. The number of likely N-dealkylation sites (tertiary alicyclic amines) is 1. The van der Waals surface area contributed by atoms with Gasteiger partial charge in [-0.3, -0.25) is 19.7 Å². The summed E-state index contributed by atoms with van der Waals surface area (Å²) in [5.74, 6) is 0.0792. The monoisotopic (exact) mass is 405 g/mol. The van der Waals surface area contributed by atoms with Gasteiger partial charge in [-0.1, -0.05) is 11.6 Å². The van der Waals surface area contributed by atoms with Gasteiger partial charge in [0, 0.05) is 38.2 Å². The van der Waals surface area contributed by atoms with Crippen molar-refractivity contribution in [1.29, 1.82) is 0 Å². The summed E-state index contributed by atoms with van der Waals surface area (Å²) in [6.45, 7) is 1.94. The topological polar surface area (TPSA) is 110 Å². The zero-order chi connectivity index (χ0) is 20.1. The van der Waals surface area contributed by atoms with Gasteiger partial charge in [-0.15, -0.1) is 0 Å². The number of piperidine rings is 1. The van der Waals surface area contributed by atoms with Gasteiger partial charge < -0.3 is 10.2 Å². The standard InChI is InChI=1S/C18H20ClN5O4/c19-17-15(20-9-8-16(25)22-10-2-1-3-11-22)12-21-23(18(17)26)13-4-6-14(7-5-13)24(27)28/h4-7,12,20H,1-3,8-11H2. The fourth-order valence-electron chi connectivity index (χ4n) is 3.06. The van der Waals surface area contributed by atoms with Gasteiger partial charge >= 0.3 is 0 Å². The average Bonchev–Trinajstić information content (AvgIpc) is 2.72. The first-order valence-corrected chi connectivity index (χ1v) is 9.39. The average molecular weight is 406 g/mol. The molecule has 0 spiro atoms. The van der Waals surface area contributed by atoms with E-state index in [1.54, 1.807) is 0 Å². The molecule has 0 aliphatic carbocycles. The first-order chi connectivity index (χ1) is 13.5. The van der Waals surface area contributed by atoms with Gasteiger partial charge in [-0.2, -0.15) is 9.78 Å². The van der Waals surface area contributed by atoms with Crippen molar-refractivity contribution in [2.24, 2.45) is 0 Å². The van der Waals surface area contributed by atoms with E-state index in [4.69, 9.17) is 11.6 Å². The lowest BCUT2D eigenvalue weighted by Gasteiger charge is -2.26. The quantitative estimate of drug-likeness (QED) is 0.584. The number of carbonyl (C=O) groups excluding carboxylic acids is 1. The number of rotatable bonds is 6. The first-order valence-electron chi connectivity index (χ1n) is 9.01. The number of nitro groups is 1. The Morgan fingerprint density at radius 1 is 1.21 bits per heavy atom. The van der Waals surface area contributed by atoms with Crippen LogP contribution in [0.3, 0.4) is 0 Å². The van der Waals surface area contributed by atoms with Crippen LogP contribution in [0.2, 0.25) is 5.02 Å². The lowest BCUT2D eigenvalue weighted by molar-refractivity contribution is -0.384. The highest BCUT2D eigenvalue weighted by Gasteiger charge is 2.17. The second-order valence-corrected chi connectivity index (χ2v) is 6.86. The van der Waals surface area contributed by atoms with Crippen molar-refractivity contribution in [3.63, 3.8) is 0 Å². The molecule has 148 valence electrons. The van der Waals surface area contributed by atoms with E-state index in [1.165, 1.54) is 30.5 Å². The summed E-state index contributed by atoms with van der Waals surface area (Å²) in [4.78, 5) is 36.7. The Hall–Kier alpha value is -2.94. The Bertz CT molecular complexity index is 923. The van der Waals surface area contributed by atoms with Crippen LogP contribution in [-0.2, 0) is 4.79 Å². The van der Waals surface area contributed by atoms with Crippen LogP contribution in [0.4, 0.5) is 11.4 Å². The number of hydrogen-bond acceptors (Lipinski definition) is 6. The van der Waals surface area contributed by atoms with E-state index in [-0.39, 0.29) is 16.6 Å². The third-order valence-electron chi connectivity index (χ3n) is 4.59. The van der Waals surface area contributed by atoms with Gasteiger partial charge in [-0.25, -0.2) is 0 Å². The molecule has 28 heavy (non-hydrogen) atoms.